The third-order valence-electron chi connectivity index (χ3n) is 5.57. The van der Waals surface area contributed by atoms with Crippen LogP contribution in [0.4, 0.5) is 0 Å². The molecule has 0 bridgehead atoms. The zero-order valence-electron chi connectivity index (χ0n) is 15.4. The van der Waals surface area contributed by atoms with Crippen molar-refractivity contribution in [3.05, 3.63) is 52.0 Å². The topological polar surface area (TPSA) is 62.3 Å². The number of carbonyl (C=O) groups excluding carboxylic acids is 2. The highest BCUT2D eigenvalue weighted by Crippen LogP contribution is 2.30. The van der Waals surface area contributed by atoms with E-state index < -0.39 is 0 Å². The number of aromatic nitrogens is 1. The van der Waals surface area contributed by atoms with Crippen molar-refractivity contribution in [2.24, 2.45) is 5.92 Å². The maximum atomic E-state index is 12.7. The Kier molecular flexibility index (Phi) is 5.53. The highest BCUT2D eigenvalue weighted by molar-refractivity contribution is 7.09. The van der Waals surface area contributed by atoms with Gasteiger partial charge in [-0.1, -0.05) is 24.6 Å². The van der Waals surface area contributed by atoms with E-state index in [1.54, 1.807) is 11.3 Å². The van der Waals surface area contributed by atoms with Gasteiger partial charge < -0.3 is 10.2 Å². The van der Waals surface area contributed by atoms with Crippen molar-refractivity contribution in [2.75, 3.05) is 13.1 Å². The second-order valence-corrected chi connectivity index (χ2v) is 8.37. The third-order valence-corrected chi connectivity index (χ3v) is 6.62. The van der Waals surface area contributed by atoms with Crippen molar-refractivity contribution in [1.82, 2.24) is 15.2 Å². The second kappa shape index (κ2) is 8.21. The number of thiazole rings is 1. The Morgan fingerprint density at radius 3 is 2.70 bits per heavy atom. The molecule has 4 rings (SSSR count). The van der Waals surface area contributed by atoms with Gasteiger partial charge in [0.15, 0.2) is 0 Å². The molecule has 142 valence electrons. The molecule has 2 amide bonds. The molecule has 2 aromatic rings. The molecule has 0 spiro atoms. The van der Waals surface area contributed by atoms with E-state index in [-0.39, 0.29) is 23.7 Å². The molecule has 1 saturated carbocycles. The van der Waals surface area contributed by atoms with Crippen LogP contribution in [0.5, 0.6) is 0 Å². The minimum atomic E-state index is 0.102. The molecule has 1 atom stereocenters. The summed E-state index contributed by atoms with van der Waals surface area (Å²) in [6, 6.07) is 9.48. The van der Waals surface area contributed by atoms with Crippen LogP contribution in [0.15, 0.2) is 35.7 Å². The summed E-state index contributed by atoms with van der Waals surface area (Å²) in [6.45, 7) is 2.03. The standard InChI is InChI=1S/C21H25N3O2S/c25-19(15-8-4-9-15)22-12-18-14-27-20(23-18)17-10-5-11-24(13-17)21(26)16-6-2-1-3-7-16/h1-3,6-7,14-15,17H,4-5,8-13H2,(H,22,25). The first-order valence-electron chi connectivity index (χ1n) is 9.77. The number of amides is 2. The van der Waals surface area contributed by atoms with Crippen molar-refractivity contribution in [3.8, 4) is 0 Å². The van der Waals surface area contributed by atoms with Crippen molar-refractivity contribution in [3.63, 3.8) is 0 Å². The van der Waals surface area contributed by atoms with Gasteiger partial charge >= 0.3 is 0 Å². The number of hydrogen-bond acceptors (Lipinski definition) is 4. The Bertz CT molecular complexity index is 801. The summed E-state index contributed by atoms with van der Waals surface area (Å²) in [6.07, 6.45) is 5.25. The van der Waals surface area contributed by atoms with E-state index in [0.717, 1.165) is 55.0 Å². The molecule has 2 aliphatic rings. The maximum absolute atomic E-state index is 12.7. The van der Waals surface area contributed by atoms with Crippen LogP contribution in [0, 0.1) is 5.92 Å². The number of piperidine rings is 1. The van der Waals surface area contributed by atoms with Gasteiger partial charge in [-0.15, -0.1) is 11.3 Å². The molecule has 2 fully saturated rings. The summed E-state index contributed by atoms with van der Waals surface area (Å²) in [5.41, 5.74) is 1.67. The van der Waals surface area contributed by atoms with E-state index in [2.05, 4.69) is 5.32 Å². The number of nitrogens with zero attached hydrogens (tertiary/aromatic N) is 2. The molecule has 1 aromatic carbocycles. The first-order chi connectivity index (χ1) is 13.2. The average molecular weight is 384 g/mol. The monoisotopic (exact) mass is 383 g/mol. The number of rotatable bonds is 5. The molecule has 27 heavy (non-hydrogen) atoms. The van der Waals surface area contributed by atoms with Gasteiger partial charge in [0.25, 0.3) is 5.91 Å². The lowest BCUT2D eigenvalue weighted by Gasteiger charge is -2.32. The SMILES string of the molecule is O=C(NCc1csc(C2CCCN(C(=O)c3ccccc3)C2)n1)C1CCC1. The molecule has 1 aliphatic carbocycles. The first-order valence-corrected chi connectivity index (χ1v) is 10.6. The minimum absolute atomic E-state index is 0.102. The summed E-state index contributed by atoms with van der Waals surface area (Å²) in [5, 5.41) is 6.12. The first kappa shape index (κ1) is 18.2. The molecule has 6 heteroatoms. The lowest BCUT2D eigenvalue weighted by molar-refractivity contribution is -0.127. The summed E-state index contributed by atoms with van der Waals surface area (Å²) in [5.74, 6) is 0.754. The highest BCUT2D eigenvalue weighted by Gasteiger charge is 2.28. The van der Waals surface area contributed by atoms with E-state index in [9.17, 15) is 9.59 Å². The zero-order valence-corrected chi connectivity index (χ0v) is 16.2. The molecule has 1 aliphatic heterocycles. The smallest absolute Gasteiger partial charge is 0.253 e. The number of carbonyl (C=O) groups is 2. The summed E-state index contributed by atoms with van der Waals surface area (Å²) in [7, 11) is 0. The van der Waals surface area contributed by atoms with E-state index in [1.165, 1.54) is 6.42 Å². The van der Waals surface area contributed by atoms with Gasteiger partial charge in [-0.25, -0.2) is 4.98 Å². The van der Waals surface area contributed by atoms with E-state index in [4.69, 9.17) is 4.98 Å². The van der Waals surface area contributed by atoms with Crippen molar-refractivity contribution < 1.29 is 9.59 Å². The molecule has 2 heterocycles. The fraction of sp³-hybridized carbons (Fsp3) is 0.476. The van der Waals surface area contributed by atoms with E-state index in [1.807, 2.05) is 40.6 Å². The van der Waals surface area contributed by atoms with Crippen LogP contribution in [0.1, 0.15) is 59.1 Å². The Morgan fingerprint density at radius 1 is 1.15 bits per heavy atom. The number of likely N-dealkylation sites (tertiary alicyclic amines) is 1. The Balaban J connectivity index is 1.35. The molecule has 0 radical (unpaired) electrons. The molecular formula is C21H25N3O2S. The third kappa shape index (κ3) is 4.21. The van der Waals surface area contributed by atoms with E-state index >= 15 is 0 Å². The molecule has 1 unspecified atom stereocenters. The lowest BCUT2D eigenvalue weighted by atomic mass is 9.85. The van der Waals surface area contributed by atoms with Gasteiger partial charge in [0.1, 0.15) is 0 Å². The minimum Gasteiger partial charge on any atom is -0.350 e. The normalized spacial score (nSPS) is 20.1. The van der Waals surface area contributed by atoms with Gasteiger partial charge in [-0.3, -0.25) is 9.59 Å². The number of hydrogen-bond donors (Lipinski definition) is 1. The quantitative estimate of drug-likeness (QED) is 0.858. The highest BCUT2D eigenvalue weighted by atomic mass is 32.1. The van der Waals surface area contributed by atoms with Gasteiger partial charge in [-0.05, 0) is 37.8 Å². The largest absolute Gasteiger partial charge is 0.350 e. The van der Waals surface area contributed by atoms with Crippen LogP contribution in [0.3, 0.4) is 0 Å². The Morgan fingerprint density at radius 2 is 1.96 bits per heavy atom. The van der Waals surface area contributed by atoms with Crippen molar-refractivity contribution in [2.45, 2.75) is 44.6 Å². The molecule has 1 saturated heterocycles. The van der Waals surface area contributed by atoms with Crippen LogP contribution in [0.2, 0.25) is 0 Å². The Hall–Kier alpha value is -2.21. The predicted molar refractivity (Wildman–Crippen MR) is 106 cm³/mol. The zero-order chi connectivity index (χ0) is 18.6. The Labute approximate surface area is 163 Å². The molecule has 1 aromatic heterocycles. The fourth-order valence-corrected chi connectivity index (χ4v) is 4.66. The van der Waals surface area contributed by atoms with Gasteiger partial charge in [0.05, 0.1) is 17.2 Å². The lowest BCUT2D eigenvalue weighted by Crippen LogP contribution is -2.39. The second-order valence-electron chi connectivity index (χ2n) is 7.48. The van der Waals surface area contributed by atoms with E-state index in [0.29, 0.717) is 6.54 Å². The number of benzene rings is 1. The van der Waals surface area contributed by atoms with Crippen LogP contribution in [0.25, 0.3) is 0 Å². The van der Waals surface area contributed by atoms with Crippen molar-refractivity contribution >= 4 is 23.2 Å². The maximum Gasteiger partial charge on any atom is 0.253 e. The summed E-state index contributed by atoms with van der Waals surface area (Å²) >= 11 is 1.65. The summed E-state index contributed by atoms with van der Waals surface area (Å²) < 4.78 is 0. The molecule has 5 nitrogen and oxygen atoms in total. The van der Waals surface area contributed by atoms with Crippen LogP contribution in [-0.2, 0) is 11.3 Å². The van der Waals surface area contributed by atoms with Gasteiger partial charge in [0.2, 0.25) is 5.91 Å². The fourth-order valence-electron chi connectivity index (χ4n) is 3.71. The van der Waals surface area contributed by atoms with Gasteiger partial charge in [0, 0.05) is 35.9 Å². The van der Waals surface area contributed by atoms with Crippen LogP contribution >= 0.6 is 11.3 Å². The van der Waals surface area contributed by atoms with Crippen LogP contribution < -0.4 is 5.32 Å². The average Bonchev–Trinajstić information content (AvgIpc) is 3.14. The summed E-state index contributed by atoms with van der Waals surface area (Å²) in [4.78, 5) is 31.4. The molecule has 1 N–H and O–H groups in total. The van der Waals surface area contributed by atoms with Gasteiger partial charge in [-0.2, -0.15) is 0 Å². The number of nitrogens with one attached hydrogen (secondary N) is 1. The molecular weight excluding hydrogens is 358 g/mol. The van der Waals surface area contributed by atoms with Crippen LogP contribution in [-0.4, -0.2) is 34.8 Å². The van der Waals surface area contributed by atoms with Crippen molar-refractivity contribution in [1.29, 1.82) is 0 Å². The predicted octanol–water partition coefficient (Wildman–Crippen LogP) is 3.58.